The van der Waals surface area contributed by atoms with Crippen LogP contribution in [0, 0.1) is 0 Å². The maximum Gasteiger partial charge on any atom is 0.0784 e. The Kier molecular flexibility index (Phi) is 5.69. The highest BCUT2D eigenvalue weighted by molar-refractivity contribution is 4.95. The van der Waals surface area contributed by atoms with Gasteiger partial charge in [0, 0.05) is 12.1 Å². The van der Waals surface area contributed by atoms with Crippen molar-refractivity contribution >= 4 is 0 Å². The van der Waals surface area contributed by atoms with Gasteiger partial charge in [-0.2, -0.15) is 0 Å². The summed E-state index contributed by atoms with van der Waals surface area (Å²) < 4.78 is 11.2. The predicted molar refractivity (Wildman–Crippen MR) is 63.6 cm³/mol. The molecule has 1 fully saturated rings. The fraction of sp³-hybridized carbons (Fsp3) is 1.00. The average molecular weight is 231 g/mol. The Balaban J connectivity index is 2.30. The molecule has 0 heterocycles. The minimum Gasteiger partial charge on any atom is -0.394 e. The number of likely N-dealkylation sites (N-methyl/N-ethyl adjacent to an activating group) is 1. The number of hydrogen-bond acceptors (Lipinski definition) is 4. The molecule has 3 atom stereocenters. The van der Waals surface area contributed by atoms with Crippen molar-refractivity contribution in [1.29, 1.82) is 0 Å². The van der Waals surface area contributed by atoms with Gasteiger partial charge in [0.2, 0.25) is 0 Å². The molecule has 0 radical (unpaired) electrons. The standard InChI is InChI=1S/C12H25NO3/c1-4-15-8-10(2)16-11-5-6-12(7-11,9-14)13-3/h10-11,13-14H,4-9H2,1-3H3. The molecular formula is C12H25NO3. The molecule has 0 amide bonds. The van der Waals surface area contributed by atoms with Gasteiger partial charge in [0.1, 0.15) is 0 Å². The summed E-state index contributed by atoms with van der Waals surface area (Å²) in [5, 5.41) is 12.6. The highest BCUT2D eigenvalue weighted by Crippen LogP contribution is 2.31. The summed E-state index contributed by atoms with van der Waals surface area (Å²) in [6.45, 7) is 5.59. The molecule has 0 aromatic rings. The lowest BCUT2D eigenvalue weighted by Gasteiger charge is -2.26. The Morgan fingerprint density at radius 3 is 2.81 bits per heavy atom. The molecule has 1 rings (SSSR count). The summed E-state index contributed by atoms with van der Waals surface area (Å²) in [4.78, 5) is 0. The van der Waals surface area contributed by atoms with E-state index in [1.54, 1.807) is 0 Å². The molecular weight excluding hydrogens is 206 g/mol. The molecule has 4 heteroatoms. The number of nitrogens with one attached hydrogen (secondary N) is 1. The average Bonchev–Trinajstić information content (AvgIpc) is 2.70. The van der Waals surface area contributed by atoms with Gasteiger partial charge < -0.3 is 19.9 Å². The predicted octanol–water partition coefficient (Wildman–Crippen LogP) is 0.931. The second-order valence-electron chi connectivity index (χ2n) is 4.66. The highest BCUT2D eigenvalue weighted by atomic mass is 16.5. The van der Waals surface area contributed by atoms with E-state index in [0.29, 0.717) is 6.61 Å². The summed E-state index contributed by atoms with van der Waals surface area (Å²) in [5.74, 6) is 0. The molecule has 0 saturated heterocycles. The number of aliphatic hydroxyl groups excluding tert-OH is 1. The van der Waals surface area contributed by atoms with E-state index in [1.807, 2.05) is 20.9 Å². The second kappa shape index (κ2) is 6.55. The van der Waals surface area contributed by atoms with E-state index >= 15 is 0 Å². The van der Waals surface area contributed by atoms with Crippen molar-refractivity contribution in [2.75, 3.05) is 26.9 Å². The van der Waals surface area contributed by atoms with Crippen LogP contribution >= 0.6 is 0 Å². The van der Waals surface area contributed by atoms with Gasteiger partial charge in [0.05, 0.1) is 25.4 Å². The Hall–Kier alpha value is -0.160. The number of aliphatic hydroxyl groups is 1. The fourth-order valence-corrected chi connectivity index (χ4v) is 2.29. The van der Waals surface area contributed by atoms with Crippen LogP contribution in [0.25, 0.3) is 0 Å². The molecule has 2 N–H and O–H groups in total. The maximum atomic E-state index is 9.37. The zero-order valence-corrected chi connectivity index (χ0v) is 10.7. The van der Waals surface area contributed by atoms with Gasteiger partial charge in [0.15, 0.2) is 0 Å². The van der Waals surface area contributed by atoms with E-state index in [4.69, 9.17) is 9.47 Å². The zero-order valence-electron chi connectivity index (χ0n) is 10.7. The largest absolute Gasteiger partial charge is 0.394 e. The third-order valence-electron chi connectivity index (χ3n) is 3.38. The van der Waals surface area contributed by atoms with Crippen LogP contribution < -0.4 is 5.32 Å². The smallest absolute Gasteiger partial charge is 0.0784 e. The van der Waals surface area contributed by atoms with E-state index in [2.05, 4.69) is 5.32 Å². The van der Waals surface area contributed by atoms with Crippen LogP contribution in [0.1, 0.15) is 33.1 Å². The van der Waals surface area contributed by atoms with Gasteiger partial charge in [-0.25, -0.2) is 0 Å². The first kappa shape index (κ1) is 13.9. The lowest BCUT2D eigenvalue weighted by molar-refractivity contribution is -0.0466. The molecule has 0 aromatic heterocycles. The van der Waals surface area contributed by atoms with Gasteiger partial charge in [-0.3, -0.25) is 0 Å². The molecule has 0 aromatic carbocycles. The third-order valence-corrected chi connectivity index (χ3v) is 3.38. The van der Waals surface area contributed by atoms with Crippen LogP contribution in [0.2, 0.25) is 0 Å². The first-order chi connectivity index (χ1) is 7.65. The van der Waals surface area contributed by atoms with Crippen molar-refractivity contribution in [3.8, 4) is 0 Å². The molecule has 0 bridgehead atoms. The lowest BCUT2D eigenvalue weighted by Crippen LogP contribution is -2.44. The molecule has 1 saturated carbocycles. The maximum absolute atomic E-state index is 9.37. The first-order valence-corrected chi connectivity index (χ1v) is 6.18. The second-order valence-corrected chi connectivity index (χ2v) is 4.66. The molecule has 4 nitrogen and oxygen atoms in total. The number of rotatable bonds is 7. The quantitative estimate of drug-likeness (QED) is 0.684. The Labute approximate surface area is 98.3 Å². The van der Waals surface area contributed by atoms with Gasteiger partial charge >= 0.3 is 0 Å². The van der Waals surface area contributed by atoms with Crippen LogP contribution in [0.4, 0.5) is 0 Å². The van der Waals surface area contributed by atoms with Crippen LogP contribution in [0.5, 0.6) is 0 Å². The van der Waals surface area contributed by atoms with Gasteiger partial charge in [-0.05, 0) is 40.2 Å². The normalized spacial score (nSPS) is 31.9. The van der Waals surface area contributed by atoms with Crippen molar-refractivity contribution < 1.29 is 14.6 Å². The van der Waals surface area contributed by atoms with Crippen molar-refractivity contribution in [3.63, 3.8) is 0 Å². The Morgan fingerprint density at radius 2 is 2.31 bits per heavy atom. The SMILES string of the molecule is CCOCC(C)OC1CCC(CO)(NC)C1. The molecule has 1 aliphatic rings. The summed E-state index contributed by atoms with van der Waals surface area (Å²) in [6, 6.07) is 0. The first-order valence-electron chi connectivity index (χ1n) is 6.18. The van der Waals surface area contributed by atoms with Gasteiger partial charge in [-0.1, -0.05) is 0 Å². The summed E-state index contributed by atoms with van der Waals surface area (Å²) in [7, 11) is 1.90. The van der Waals surface area contributed by atoms with E-state index in [0.717, 1.165) is 25.9 Å². The topological polar surface area (TPSA) is 50.7 Å². The Bertz CT molecular complexity index is 195. The fourth-order valence-electron chi connectivity index (χ4n) is 2.29. The van der Waals surface area contributed by atoms with Gasteiger partial charge in [0.25, 0.3) is 0 Å². The summed E-state index contributed by atoms with van der Waals surface area (Å²) >= 11 is 0. The minimum absolute atomic E-state index is 0.129. The molecule has 0 spiro atoms. The van der Waals surface area contributed by atoms with Crippen molar-refractivity contribution in [3.05, 3.63) is 0 Å². The van der Waals surface area contributed by atoms with Crippen LogP contribution in [-0.2, 0) is 9.47 Å². The van der Waals surface area contributed by atoms with E-state index < -0.39 is 0 Å². The molecule has 3 unspecified atom stereocenters. The number of hydrogen-bond donors (Lipinski definition) is 2. The molecule has 1 aliphatic carbocycles. The van der Waals surface area contributed by atoms with Crippen molar-refractivity contribution in [2.45, 2.75) is 50.9 Å². The monoisotopic (exact) mass is 231 g/mol. The van der Waals surface area contributed by atoms with Crippen molar-refractivity contribution in [2.24, 2.45) is 0 Å². The van der Waals surface area contributed by atoms with E-state index in [9.17, 15) is 5.11 Å². The minimum atomic E-state index is -0.129. The summed E-state index contributed by atoms with van der Waals surface area (Å²) in [6.07, 6.45) is 3.26. The lowest BCUT2D eigenvalue weighted by atomic mass is 9.99. The molecule has 0 aliphatic heterocycles. The zero-order chi connectivity index (χ0) is 12.0. The van der Waals surface area contributed by atoms with Gasteiger partial charge in [-0.15, -0.1) is 0 Å². The summed E-state index contributed by atoms with van der Waals surface area (Å²) in [5.41, 5.74) is -0.129. The highest BCUT2D eigenvalue weighted by Gasteiger charge is 2.38. The van der Waals surface area contributed by atoms with E-state index in [1.165, 1.54) is 0 Å². The van der Waals surface area contributed by atoms with E-state index in [-0.39, 0.29) is 24.4 Å². The third kappa shape index (κ3) is 3.70. The number of ether oxygens (including phenoxy) is 2. The van der Waals surface area contributed by atoms with Crippen LogP contribution in [0.3, 0.4) is 0 Å². The molecule has 96 valence electrons. The van der Waals surface area contributed by atoms with Crippen LogP contribution in [0.15, 0.2) is 0 Å². The van der Waals surface area contributed by atoms with Crippen molar-refractivity contribution in [1.82, 2.24) is 5.32 Å². The Morgan fingerprint density at radius 1 is 1.56 bits per heavy atom. The molecule has 16 heavy (non-hydrogen) atoms. The van der Waals surface area contributed by atoms with Crippen LogP contribution in [-0.4, -0.2) is 49.7 Å².